The average molecular weight is 329 g/mol. The molecule has 0 fully saturated rings. The minimum absolute atomic E-state index is 0.0898. The monoisotopic (exact) mass is 329 g/mol. The molecule has 2 rings (SSSR count). The van der Waals surface area contributed by atoms with Crippen LogP contribution in [0.3, 0.4) is 0 Å². The zero-order valence-corrected chi connectivity index (χ0v) is 14.4. The summed E-state index contributed by atoms with van der Waals surface area (Å²) in [5.74, 6) is 2.43. The van der Waals surface area contributed by atoms with Gasteiger partial charge in [0.15, 0.2) is 0 Å². The fourth-order valence-electron chi connectivity index (χ4n) is 2.75. The van der Waals surface area contributed by atoms with Crippen molar-refractivity contribution < 1.29 is 5.11 Å². The lowest BCUT2D eigenvalue weighted by Crippen LogP contribution is -2.14. The number of nitrogens with zero attached hydrogens (tertiary/aromatic N) is 2. The standard InChI is InChI=1S/C18H27N5O/c1-11(3-4-13-6-8-16(19)23-17(13)20)12(2)9-14-5-7-15(10-24)22-18(14)21/h5-8,11-12,24H,3-4,9-10H2,1-2H3,(H2,21,22)(H4,19,20,23). The number of hydrogen-bond donors (Lipinski definition) is 4. The van der Waals surface area contributed by atoms with Gasteiger partial charge in [0.1, 0.15) is 17.5 Å². The summed E-state index contributed by atoms with van der Waals surface area (Å²) in [5.41, 5.74) is 20.2. The fourth-order valence-corrected chi connectivity index (χ4v) is 2.75. The van der Waals surface area contributed by atoms with Crippen molar-refractivity contribution in [2.45, 2.75) is 39.7 Å². The third-order valence-electron chi connectivity index (χ3n) is 4.65. The fraction of sp³-hybridized carbons (Fsp3) is 0.444. The minimum Gasteiger partial charge on any atom is -0.390 e. The molecule has 2 aromatic rings. The van der Waals surface area contributed by atoms with Crippen LogP contribution in [-0.4, -0.2) is 15.1 Å². The molecule has 0 aromatic carbocycles. The number of hydrogen-bond acceptors (Lipinski definition) is 6. The van der Waals surface area contributed by atoms with E-state index in [9.17, 15) is 0 Å². The number of aryl methyl sites for hydroxylation is 1. The quantitative estimate of drug-likeness (QED) is 0.617. The zero-order chi connectivity index (χ0) is 17.7. The van der Waals surface area contributed by atoms with Gasteiger partial charge < -0.3 is 22.3 Å². The Morgan fingerprint density at radius 2 is 1.58 bits per heavy atom. The van der Waals surface area contributed by atoms with E-state index >= 15 is 0 Å². The molecule has 2 heterocycles. The summed E-state index contributed by atoms with van der Waals surface area (Å²) in [6, 6.07) is 7.52. The number of pyridine rings is 2. The van der Waals surface area contributed by atoms with Crippen molar-refractivity contribution in [1.29, 1.82) is 0 Å². The Kier molecular flexibility index (Phi) is 5.98. The first-order valence-electron chi connectivity index (χ1n) is 8.26. The summed E-state index contributed by atoms with van der Waals surface area (Å²) in [6.45, 7) is 4.36. The van der Waals surface area contributed by atoms with Gasteiger partial charge in [0.25, 0.3) is 0 Å². The Balaban J connectivity index is 1.93. The first kappa shape index (κ1) is 18.0. The second-order valence-corrected chi connectivity index (χ2v) is 6.48. The average Bonchev–Trinajstić information content (AvgIpc) is 2.55. The Morgan fingerprint density at radius 3 is 2.21 bits per heavy atom. The molecule has 0 bridgehead atoms. The molecule has 130 valence electrons. The van der Waals surface area contributed by atoms with Gasteiger partial charge in [-0.1, -0.05) is 26.0 Å². The third-order valence-corrected chi connectivity index (χ3v) is 4.65. The van der Waals surface area contributed by atoms with Gasteiger partial charge in [0.2, 0.25) is 0 Å². The van der Waals surface area contributed by atoms with Crippen LogP contribution in [-0.2, 0) is 19.4 Å². The molecule has 2 atom stereocenters. The van der Waals surface area contributed by atoms with Crippen LogP contribution in [0.15, 0.2) is 24.3 Å². The van der Waals surface area contributed by atoms with E-state index < -0.39 is 0 Å². The number of nitrogens with two attached hydrogens (primary N) is 3. The third kappa shape index (κ3) is 4.58. The van der Waals surface area contributed by atoms with Crippen LogP contribution in [0.5, 0.6) is 0 Å². The molecule has 6 nitrogen and oxygen atoms in total. The molecular weight excluding hydrogens is 302 g/mol. The van der Waals surface area contributed by atoms with Crippen LogP contribution in [0.4, 0.5) is 17.5 Å². The van der Waals surface area contributed by atoms with Crippen LogP contribution in [0, 0.1) is 11.8 Å². The second-order valence-electron chi connectivity index (χ2n) is 6.48. The van der Waals surface area contributed by atoms with E-state index in [1.165, 1.54) is 0 Å². The van der Waals surface area contributed by atoms with Crippen molar-refractivity contribution in [1.82, 2.24) is 9.97 Å². The van der Waals surface area contributed by atoms with Gasteiger partial charge in [-0.25, -0.2) is 9.97 Å². The molecular formula is C18H27N5O. The maximum atomic E-state index is 9.10. The Bertz CT molecular complexity index is 689. The largest absolute Gasteiger partial charge is 0.390 e. The van der Waals surface area contributed by atoms with Gasteiger partial charge in [-0.2, -0.15) is 0 Å². The van der Waals surface area contributed by atoms with Gasteiger partial charge in [0.05, 0.1) is 12.3 Å². The van der Waals surface area contributed by atoms with Gasteiger partial charge >= 0.3 is 0 Å². The predicted molar refractivity (Wildman–Crippen MR) is 98.0 cm³/mol. The summed E-state index contributed by atoms with van der Waals surface area (Å²) >= 11 is 0. The molecule has 24 heavy (non-hydrogen) atoms. The maximum Gasteiger partial charge on any atom is 0.128 e. The lowest BCUT2D eigenvalue weighted by molar-refractivity contribution is 0.277. The van der Waals surface area contributed by atoms with Gasteiger partial charge in [-0.3, -0.25) is 0 Å². The smallest absolute Gasteiger partial charge is 0.128 e. The number of aliphatic hydroxyl groups excluding tert-OH is 1. The van der Waals surface area contributed by atoms with Crippen molar-refractivity contribution in [3.63, 3.8) is 0 Å². The van der Waals surface area contributed by atoms with Crippen LogP contribution < -0.4 is 17.2 Å². The predicted octanol–water partition coefficient (Wildman–Crippen LogP) is 2.16. The summed E-state index contributed by atoms with van der Waals surface area (Å²) in [4.78, 5) is 8.31. The van der Waals surface area contributed by atoms with E-state index in [1.807, 2.05) is 18.2 Å². The Morgan fingerprint density at radius 1 is 0.917 bits per heavy atom. The molecule has 0 aliphatic carbocycles. The highest BCUT2D eigenvalue weighted by Crippen LogP contribution is 2.25. The summed E-state index contributed by atoms with van der Waals surface area (Å²) in [7, 11) is 0. The highest BCUT2D eigenvalue weighted by Gasteiger charge is 2.16. The summed E-state index contributed by atoms with van der Waals surface area (Å²) in [6.07, 6.45) is 2.75. The number of nitrogen functional groups attached to an aromatic ring is 3. The van der Waals surface area contributed by atoms with E-state index in [0.29, 0.717) is 35.0 Å². The first-order chi connectivity index (χ1) is 11.4. The topological polar surface area (TPSA) is 124 Å². The number of anilines is 3. The van der Waals surface area contributed by atoms with Crippen LogP contribution in [0.25, 0.3) is 0 Å². The molecule has 0 saturated heterocycles. The van der Waals surface area contributed by atoms with E-state index in [0.717, 1.165) is 30.4 Å². The molecule has 7 N–H and O–H groups in total. The van der Waals surface area contributed by atoms with Crippen LogP contribution in [0.1, 0.15) is 37.1 Å². The van der Waals surface area contributed by atoms with Crippen LogP contribution in [0.2, 0.25) is 0 Å². The zero-order valence-electron chi connectivity index (χ0n) is 14.4. The summed E-state index contributed by atoms with van der Waals surface area (Å²) in [5, 5.41) is 9.10. The summed E-state index contributed by atoms with van der Waals surface area (Å²) < 4.78 is 0. The first-order valence-corrected chi connectivity index (χ1v) is 8.26. The molecule has 0 saturated carbocycles. The van der Waals surface area contributed by atoms with E-state index in [1.54, 1.807) is 6.07 Å². The van der Waals surface area contributed by atoms with Crippen molar-refractivity contribution >= 4 is 17.5 Å². The van der Waals surface area contributed by atoms with Crippen molar-refractivity contribution in [2.75, 3.05) is 17.2 Å². The number of aromatic nitrogens is 2. The van der Waals surface area contributed by atoms with E-state index in [2.05, 4.69) is 23.8 Å². The highest BCUT2D eigenvalue weighted by molar-refractivity contribution is 5.46. The van der Waals surface area contributed by atoms with Crippen molar-refractivity contribution in [3.05, 3.63) is 41.1 Å². The Labute approximate surface area is 143 Å². The maximum absolute atomic E-state index is 9.10. The molecule has 2 unspecified atom stereocenters. The van der Waals surface area contributed by atoms with Gasteiger partial charge in [-0.15, -0.1) is 0 Å². The van der Waals surface area contributed by atoms with E-state index in [4.69, 9.17) is 22.3 Å². The van der Waals surface area contributed by atoms with Gasteiger partial charge in [0, 0.05) is 0 Å². The van der Waals surface area contributed by atoms with E-state index in [-0.39, 0.29) is 6.61 Å². The van der Waals surface area contributed by atoms with Crippen molar-refractivity contribution in [2.24, 2.45) is 11.8 Å². The second kappa shape index (κ2) is 7.97. The molecule has 0 amide bonds. The SMILES string of the molecule is CC(CCc1ccc(N)nc1N)C(C)Cc1ccc(CO)nc1N. The molecule has 2 aromatic heterocycles. The number of rotatable bonds is 7. The minimum atomic E-state index is -0.0898. The highest BCUT2D eigenvalue weighted by atomic mass is 16.3. The Hall–Kier alpha value is -2.34. The van der Waals surface area contributed by atoms with Crippen LogP contribution >= 0.6 is 0 Å². The molecule has 0 aliphatic heterocycles. The lowest BCUT2D eigenvalue weighted by Gasteiger charge is -2.21. The molecule has 6 heteroatoms. The van der Waals surface area contributed by atoms with Gasteiger partial charge in [-0.05, 0) is 54.4 Å². The van der Waals surface area contributed by atoms with Crippen molar-refractivity contribution in [3.8, 4) is 0 Å². The molecule has 0 spiro atoms. The molecule has 0 aliphatic rings. The lowest BCUT2D eigenvalue weighted by atomic mass is 9.86. The normalized spacial score (nSPS) is 13.6. The molecule has 0 radical (unpaired) electrons. The number of aliphatic hydroxyl groups is 1.